The lowest BCUT2D eigenvalue weighted by atomic mass is 10.1. The van der Waals surface area contributed by atoms with E-state index in [1.807, 2.05) is 47.8 Å². The second kappa shape index (κ2) is 11.8. The molecule has 4 aromatic rings. The van der Waals surface area contributed by atoms with Gasteiger partial charge in [0.05, 0.1) is 6.61 Å². The van der Waals surface area contributed by atoms with Crippen LogP contribution in [0.1, 0.15) is 45.4 Å². The van der Waals surface area contributed by atoms with Crippen molar-refractivity contribution in [2.45, 2.75) is 45.4 Å². The zero-order chi connectivity index (χ0) is 22.0. The lowest BCUT2D eigenvalue weighted by molar-refractivity contribution is 0.304. The maximum absolute atomic E-state index is 5.87. The van der Waals surface area contributed by atoms with Gasteiger partial charge in [-0.25, -0.2) is 9.97 Å². The van der Waals surface area contributed by atoms with Crippen molar-refractivity contribution < 1.29 is 4.74 Å². The number of hydrogen-bond acceptors (Lipinski definition) is 6. The van der Waals surface area contributed by atoms with E-state index in [1.165, 1.54) is 32.1 Å². The smallest absolute Gasteiger partial charge is 0.187 e. The maximum Gasteiger partial charge on any atom is 0.187 e. The van der Waals surface area contributed by atoms with Gasteiger partial charge in [0.1, 0.15) is 22.1 Å². The summed E-state index contributed by atoms with van der Waals surface area (Å²) in [7, 11) is 0. The standard InChI is InChI=1S/C26H29N3OS2/c1-2-3-4-5-6-10-17-30-22-15-13-21(14-16-22)27-26-29-24(19-32-26)23-18-31-25(28-23)20-11-8-7-9-12-20/h7-9,11-16,18-19H,2-6,10,17H2,1H3,(H,27,29). The molecule has 0 fully saturated rings. The number of anilines is 2. The lowest BCUT2D eigenvalue weighted by Gasteiger charge is -2.07. The van der Waals surface area contributed by atoms with Crippen LogP contribution < -0.4 is 10.1 Å². The molecule has 2 heterocycles. The van der Waals surface area contributed by atoms with Gasteiger partial charge in [-0.2, -0.15) is 0 Å². The number of thiazole rings is 2. The highest BCUT2D eigenvalue weighted by Gasteiger charge is 2.10. The van der Waals surface area contributed by atoms with Crippen LogP contribution in [-0.4, -0.2) is 16.6 Å². The molecular weight excluding hydrogens is 434 g/mol. The molecule has 32 heavy (non-hydrogen) atoms. The molecule has 0 radical (unpaired) electrons. The van der Waals surface area contributed by atoms with Gasteiger partial charge in [0, 0.05) is 22.0 Å². The van der Waals surface area contributed by atoms with Crippen LogP contribution in [-0.2, 0) is 0 Å². The van der Waals surface area contributed by atoms with Crippen LogP contribution >= 0.6 is 22.7 Å². The predicted molar refractivity (Wildman–Crippen MR) is 137 cm³/mol. The van der Waals surface area contributed by atoms with Crippen molar-refractivity contribution in [3.63, 3.8) is 0 Å². The van der Waals surface area contributed by atoms with Gasteiger partial charge >= 0.3 is 0 Å². The Morgan fingerprint density at radius 1 is 0.781 bits per heavy atom. The summed E-state index contributed by atoms with van der Waals surface area (Å²) in [5, 5.41) is 9.37. The maximum atomic E-state index is 5.87. The summed E-state index contributed by atoms with van der Waals surface area (Å²) < 4.78 is 5.87. The first kappa shape index (κ1) is 22.5. The SMILES string of the molecule is CCCCCCCCOc1ccc(Nc2nc(-c3csc(-c4ccccc4)n3)cs2)cc1. The molecule has 4 rings (SSSR count). The minimum absolute atomic E-state index is 0.785. The summed E-state index contributed by atoms with van der Waals surface area (Å²) in [6.07, 6.45) is 7.65. The third-order valence-corrected chi connectivity index (χ3v) is 6.81. The summed E-state index contributed by atoms with van der Waals surface area (Å²) in [6.45, 7) is 3.03. The fourth-order valence-corrected chi connectivity index (χ4v) is 4.93. The molecule has 0 spiro atoms. The number of nitrogens with one attached hydrogen (secondary N) is 1. The summed E-state index contributed by atoms with van der Waals surface area (Å²) in [5.74, 6) is 0.917. The van der Waals surface area contributed by atoms with Crippen molar-refractivity contribution in [1.29, 1.82) is 0 Å². The third kappa shape index (κ3) is 6.40. The molecule has 0 aliphatic rings. The highest BCUT2D eigenvalue weighted by molar-refractivity contribution is 7.14. The molecule has 0 aliphatic heterocycles. The average Bonchev–Trinajstić information content (AvgIpc) is 3.50. The van der Waals surface area contributed by atoms with E-state index in [1.54, 1.807) is 22.7 Å². The Morgan fingerprint density at radius 3 is 2.31 bits per heavy atom. The van der Waals surface area contributed by atoms with Gasteiger partial charge in [-0.05, 0) is 30.7 Å². The summed E-state index contributed by atoms with van der Waals surface area (Å²) in [6, 6.07) is 18.3. The molecule has 0 unspecified atom stereocenters. The monoisotopic (exact) mass is 463 g/mol. The van der Waals surface area contributed by atoms with Crippen LogP contribution in [0.25, 0.3) is 22.0 Å². The van der Waals surface area contributed by atoms with E-state index in [9.17, 15) is 0 Å². The average molecular weight is 464 g/mol. The first-order chi connectivity index (χ1) is 15.8. The number of unbranched alkanes of at least 4 members (excludes halogenated alkanes) is 5. The van der Waals surface area contributed by atoms with Gasteiger partial charge in [0.2, 0.25) is 0 Å². The van der Waals surface area contributed by atoms with Crippen molar-refractivity contribution in [3.8, 4) is 27.7 Å². The van der Waals surface area contributed by atoms with Crippen LogP contribution in [0.5, 0.6) is 5.75 Å². The molecule has 6 heteroatoms. The molecule has 4 nitrogen and oxygen atoms in total. The number of aromatic nitrogens is 2. The number of hydrogen-bond donors (Lipinski definition) is 1. The van der Waals surface area contributed by atoms with E-state index >= 15 is 0 Å². The Labute approximate surface area is 198 Å². The van der Waals surface area contributed by atoms with E-state index in [2.05, 4.69) is 29.8 Å². The molecule has 1 N–H and O–H groups in total. The molecule has 0 saturated carbocycles. The Bertz CT molecular complexity index is 1070. The molecule has 0 aliphatic carbocycles. The zero-order valence-electron chi connectivity index (χ0n) is 18.4. The Hall–Kier alpha value is -2.70. The second-order valence-electron chi connectivity index (χ2n) is 7.71. The van der Waals surface area contributed by atoms with Crippen LogP contribution in [0, 0.1) is 0 Å². The van der Waals surface area contributed by atoms with Gasteiger partial charge in [0.25, 0.3) is 0 Å². The van der Waals surface area contributed by atoms with E-state index in [0.717, 1.165) is 51.6 Å². The van der Waals surface area contributed by atoms with Gasteiger partial charge in [0.15, 0.2) is 5.13 Å². The van der Waals surface area contributed by atoms with E-state index in [4.69, 9.17) is 14.7 Å². The van der Waals surface area contributed by atoms with Crippen molar-refractivity contribution in [2.24, 2.45) is 0 Å². The number of nitrogens with zero attached hydrogens (tertiary/aromatic N) is 2. The molecule has 2 aromatic heterocycles. The Kier molecular flexibility index (Phi) is 8.29. The molecule has 0 bridgehead atoms. The van der Waals surface area contributed by atoms with Gasteiger partial charge in [-0.15, -0.1) is 22.7 Å². The van der Waals surface area contributed by atoms with Crippen molar-refractivity contribution in [1.82, 2.24) is 9.97 Å². The Balaban J connectivity index is 1.27. The topological polar surface area (TPSA) is 47.0 Å². The Morgan fingerprint density at radius 2 is 1.50 bits per heavy atom. The fourth-order valence-electron chi connectivity index (χ4n) is 3.38. The van der Waals surface area contributed by atoms with Gasteiger partial charge in [-0.1, -0.05) is 69.4 Å². The highest BCUT2D eigenvalue weighted by Crippen LogP contribution is 2.31. The number of ether oxygens (including phenoxy) is 1. The molecular formula is C26H29N3OS2. The number of rotatable bonds is 12. The molecule has 0 amide bonds. The first-order valence-corrected chi connectivity index (χ1v) is 13.0. The zero-order valence-corrected chi connectivity index (χ0v) is 20.1. The molecule has 0 saturated heterocycles. The van der Waals surface area contributed by atoms with Crippen LogP contribution in [0.4, 0.5) is 10.8 Å². The van der Waals surface area contributed by atoms with E-state index < -0.39 is 0 Å². The van der Waals surface area contributed by atoms with E-state index in [-0.39, 0.29) is 0 Å². The summed E-state index contributed by atoms with van der Waals surface area (Å²) in [4.78, 5) is 9.47. The quantitative estimate of drug-likeness (QED) is 0.214. The van der Waals surface area contributed by atoms with Crippen LogP contribution in [0.3, 0.4) is 0 Å². The third-order valence-electron chi connectivity index (χ3n) is 5.16. The molecule has 2 aromatic carbocycles. The van der Waals surface area contributed by atoms with Crippen molar-refractivity contribution in [3.05, 3.63) is 65.4 Å². The summed E-state index contributed by atoms with van der Waals surface area (Å²) >= 11 is 3.23. The molecule has 166 valence electrons. The van der Waals surface area contributed by atoms with E-state index in [0.29, 0.717) is 0 Å². The normalized spacial score (nSPS) is 10.9. The summed E-state index contributed by atoms with van der Waals surface area (Å²) in [5.41, 5.74) is 3.95. The predicted octanol–water partition coefficient (Wildman–Crippen LogP) is 8.42. The second-order valence-corrected chi connectivity index (χ2v) is 9.42. The lowest BCUT2D eigenvalue weighted by Crippen LogP contribution is -1.97. The van der Waals surface area contributed by atoms with Gasteiger partial charge in [-0.3, -0.25) is 0 Å². The molecule has 0 atom stereocenters. The minimum atomic E-state index is 0.785. The van der Waals surface area contributed by atoms with Crippen molar-refractivity contribution in [2.75, 3.05) is 11.9 Å². The van der Waals surface area contributed by atoms with Crippen molar-refractivity contribution >= 4 is 33.5 Å². The first-order valence-electron chi connectivity index (χ1n) is 11.3. The van der Waals surface area contributed by atoms with Crippen LogP contribution in [0.2, 0.25) is 0 Å². The van der Waals surface area contributed by atoms with Crippen LogP contribution in [0.15, 0.2) is 65.4 Å². The fraction of sp³-hybridized carbons (Fsp3) is 0.308. The minimum Gasteiger partial charge on any atom is -0.494 e. The number of benzene rings is 2. The largest absolute Gasteiger partial charge is 0.494 e. The highest BCUT2D eigenvalue weighted by atomic mass is 32.1. The van der Waals surface area contributed by atoms with Gasteiger partial charge < -0.3 is 10.1 Å².